The van der Waals surface area contributed by atoms with Gasteiger partial charge in [-0.15, -0.1) is 0 Å². The fraction of sp³-hybridized carbons (Fsp3) is 0.167. The number of anilines is 1. The largest absolute Gasteiger partial charge is 0.497 e. The van der Waals surface area contributed by atoms with Gasteiger partial charge in [-0.25, -0.2) is 0 Å². The number of aromatic nitrogens is 1. The summed E-state index contributed by atoms with van der Waals surface area (Å²) in [6.45, 7) is 0. The van der Waals surface area contributed by atoms with Crippen LogP contribution < -0.4 is 9.64 Å². The highest BCUT2D eigenvalue weighted by Crippen LogP contribution is 2.38. The number of hydrogen-bond acceptors (Lipinski definition) is 2. The molecular formula is C24H23BrN2O. The number of nitrogens with zero attached hydrogens (tertiary/aromatic N) is 1. The zero-order chi connectivity index (χ0) is 19.7. The lowest BCUT2D eigenvalue weighted by molar-refractivity contribution is 0.414. The Bertz CT molecular complexity index is 1080. The first-order chi connectivity index (χ1) is 13.6. The third-order valence-corrected chi connectivity index (χ3v) is 5.67. The van der Waals surface area contributed by atoms with Gasteiger partial charge in [-0.3, -0.25) is 0 Å². The molecule has 0 aliphatic heterocycles. The van der Waals surface area contributed by atoms with Crippen molar-refractivity contribution in [1.29, 1.82) is 0 Å². The number of benzene rings is 3. The summed E-state index contributed by atoms with van der Waals surface area (Å²) < 4.78 is 6.44. The van der Waals surface area contributed by atoms with Crippen LogP contribution in [0, 0.1) is 0 Å². The number of hydrogen-bond donors (Lipinski definition) is 1. The molecular weight excluding hydrogens is 412 g/mol. The first kappa shape index (κ1) is 18.6. The van der Waals surface area contributed by atoms with E-state index in [-0.39, 0.29) is 5.92 Å². The van der Waals surface area contributed by atoms with Gasteiger partial charge >= 0.3 is 0 Å². The van der Waals surface area contributed by atoms with E-state index in [1.165, 1.54) is 27.8 Å². The van der Waals surface area contributed by atoms with Crippen molar-refractivity contribution in [3.63, 3.8) is 0 Å². The summed E-state index contributed by atoms with van der Waals surface area (Å²) >= 11 is 3.62. The maximum Gasteiger partial charge on any atom is 0.118 e. The Kier molecular flexibility index (Phi) is 5.14. The average Bonchev–Trinajstić information content (AvgIpc) is 3.12. The number of rotatable bonds is 5. The molecule has 1 atom stereocenters. The van der Waals surface area contributed by atoms with Crippen molar-refractivity contribution in [3.05, 3.63) is 94.1 Å². The number of fused-ring (bicyclic) bond motifs is 1. The first-order valence-corrected chi connectivity index (χ1v) is 10.0. The summed E-state index contributed by atoms with van der Waals surface area (Å²) in [6.07, 6.45) is 2.13. The lowest BCUT2D eigenvalue weighted by Crippen LogP contribution is -2.09. The van der Waals surface area contributed by atoms with E-state index in [0.717, 1.165) is 15.7 Å². The van der Waals surface area contributed by atoms with Crippen molar-refractivity contribution >= 4 is 32.5 Å². The molecule has 0 saturated heterocycles. The fourth-order valence-corrected chi connectivity index (χ4v) is 4.03. The molecule has 0 amide bonds. The van der Waals surface area contributed by atoms with Crippen molar-refractivity contribution < 1.29 is 4.74 Å². The molecule has 0 fully saturated rings. The average molecular weight is 435 g/mol. The molecule has 0 spiro atoms. The molecule has 4 rings (SSSR count). The molecule has 1 N–H and O–H groups in total. The van der Waals surface area contributed by atoms with Gasteiger partial charge in [0, 0.05) is 47.3 Å². The van der Waals surface area contributed by atoms with Gasteiger partial charge in [0.1, 0.15) is 5.75 Å². The molecule has 4 aromatic rings. The van der Waals surface area contributed by atoms with Crippen LogP contribution in [0.25, 0.3) is 10.9 Å². The lowest BCUT2D eigenvalue weighted by Gasteiger charge is -2.20. The number of aromatic amines is 1. The van der Waals surface area contributed by atoms with Crippen molar-refractivity contribution in [2.75, 3.05) is 26.1 Å². The summed E-state index contributed by atoms with van der Waals surface area (Å²) in [5, 5.41) is 1.23. The van der Waals surface area contributed by atoms with Crippen LogP contribution in [0.1, 0.15) is 22.6 Å². The SMILES string of the molecule is COc1ccc(C(c2ccc(N(C)C)cc2)c2c[nH]c3ccc(Br)cc23)cc1. The predicted octanol–water partition coefficient (Wildman–Crippen LogP) is 6.19. The Morgan fingerprint density at radius 3 is 2.14 bits per heavy atom. The number of nitrogens with one attached hydrogen (secondary N) is 1. The van der Waals surface area contributed by atoms with E-state index in [2.05, 4.69) is 101 Å². The minimum atomic E-state index is 0.130. The molecule has 0 aliphatic carbocycles. The van der Waals surface area contributed by atoms with Crippen LogP contribution in [0.4, 0.5) is 5.69 Å². The van der Waals surface area contributed by atoms with Gasteiger partial charge < -0.3 is 14.6 Å². The van der Waals surface area contributed by atoms with Crippen molar-refractivity contribution in [3.8, 4) is 5.75 Å². The summed E-state index contributed by atoms with van der Waals surface area (Å²) in [5.41, 5.74) is 6.09. The smallest absolute Gasteiger partial charge is 0.118 e. The molecule has 1 heterocycles. The van der Waals surface area contributed by atoms with Gasteiger partial charge in [-0.05, 0) is 59.2 Å². The van der Waals surface area contributed by atoms with Crippen LogP contribution in [0.2, 0.25) is 0 Å². The van der Waals surface area contributed by atoms with Crippen molar-refractivity contribution in [2.45, 2.75) is 5.92 Å². The molecule has 0 radical (unpaired) electrons. The van der Waals surface area contributed by atoms with E-state index in [1.54, 1.807) is 7.11 Å². The number of methoxy groups -OCH3 is 1. The second-order valence-corrected chi connectivity index (χ2v) is 8.04. The van der Waals surface area contributed by atoms with E-state index >= 15 is 0 Å². The van der Waals surface area contributed by atoms with E-state index in [4.69, 9.17) is 4.74 Å². The number of ether oxygens (including phenoxy) is 1. The highest BCUT2D eigenvalue weighted by molar-refractivity contribution is 9.10. The Hall–Kier alpha value is -2.72. The van der Waals surface area contributed by atoms with Gasteiger partial charge in [0.05, 0.1) is 7.11 Å². The van der Waals surface area contributed by atoms with E-state index < -0.39 is 0 Å². The first-order valence-electron chi connectivity index (χ1n) is 9.24. The zero-order valence-corrected chi connectivity index (χ0v) is 17.8. The summed E-state index contributed by atoms with van der Waals surface area (Å²) in [5.74, 6) is 0.997. The minimum absolute atomic E-state index is 0.130. The van der Waals surface area contributed by atoms with E-state index in [9.17, 15) is 0 Å². The van der Waals surface area contributed by atoms with Gasteiger partial charge in [-0.2, -0.15) is 0 Å². The maximum absolute atomic E-state index is 5.36. The second-order valence-electron chi connectivity index (χ2n) is 7.13. The Labute approximate surface area is 174 Å². The maximum atomic E-state index is 5.36. The zero-order valence-electron chi connectivity index (χ0n) is 16.2. The molecule has 3 nitrogen and oxygen atoms in total. The molecule has 28 heavy (non-hydrogen) atoms. The van der Waals surface area contributed by atoms with Gasteiger partial charge in [0.25, 0.3) is 0 Å². The van der Waals surface area contributed by atoms with Crippen LogP contribution >= 0.6 is 15.9 Å². The van der Waals surface area contributed by atoms with Crippen LogP contribution in [0.3, 0.4) is 0 Å². The molecule has 0 saturated carbocycles. The number of halogens is 1. The van der Waals surface area contributed by atoms with Crippen LogP contribution in [0.5, 0.6) is 5.75 Å². The molecule has 142 valence electrons. The van der Waals surface area contributed by atoms with Gasteiger partial charge in [0.15, 0.2) is 0 Å². The highest BCUT2D eigenvalue weighted by Gasteiger charge is 2.20. The summed E-state index contributed by atoms with van der Waals surface area (Å²) in [4.78, 5) is 5.55. The van der Waals surface area contributed by atoms with Crippen molar-refractivity contribution in [1.82, 2.24) is 4.98 Å². The fourth-order valence-electron chi connectivity index (χ4n) is 3.67. The monoisotopic (exact) mass is 434 g/mol. The van der Waals surface area contributed by atoms with E-state index in [0.29, 0.717) is 0 Å². The molecule has 4 heteroatoms. The molecule has 3 aromatic carbocycles. The number of H-pyrrole nitrogens is 1. The van der Waals surface area contributed by atoms with E-state index in [1.807, 2.05) is 12.1 Å². The van der Waals surface area contributed by atoms with Crippen molar-refractivity contribution in [2.24, 2.45) is 0 Å². The van der Waals surface area contributed by atoms with Crippen LogP contribution in [0.15, 0.2) is 77.4 Å². The Morgan fingerprint density at radius 1 is 0.893 bits per heavy atom. The van der Waals surface area contributed by atoms with Gasteiger partial charge in [-0.1, -0.05) is 40.2 Å². The molecule has 1 aromatic heterocycles. The lowest BCUT2D eigenvalue weighted by atomic mass is 9.85. The van der Waals surface area contributed by atoms with Gasteiger partial charge in [0.2, 0.25) is 0 Å². The Balaban J connectivity index is 1.88. The second kappa shape index (κ2) is 7.72. The Morgan fingerprint density at radius 2 is 1.54 bits per heavy atom. The normalized spacial score (nSPS) is 12.1. The van der Waals surface area contributed by atoms with Crippen LogP contribution in [-0.2, 0) is 0 Å². The standard InChI is InChI=1S/C24H23BrN2O/c1-27(2)19-9-4-16(5-10-19)24(17-6-11-20(28-3)12-7-17)22-15-26-23-13-8-18(25)14-21(22)23/h4-15,24,26H,1-3H3. The summed E-state index contributed by atoms with van der Waals surface area (Å²) in [7, 11) is 5.82. The summed E-state index contributed by atoms with van der Waals surface area (Å²) in [6, 6.07) is 23.5. The van der Waals surface area contributed by atoms with Crippen LogP contribution in [-0.4, -0.2) is 26.2 Å². The molecule has 1 unspecified atom stereocenters. The minimum Gasteiger partial charge on any atom is -0.497 e. The predicted molar refractivity (Wildman–Crippen MR) is 121 cm³/mol. The molecule has 0 aliphatic rings. The third kappa shape index (κ3) is 3.52. The third-order valence-electron chi connectivity index (χ3n) is 5.18. The quantitative estimate of drug-likeness (QED) is 0.405. The molecule has 0 bridgehead atoms. The topological polar surface area (TPSA) is 28.3 Å². The highest BCUT2D eigenvalue weighted by atomic mass is 79.9.